The van der Waals surface area contributed by atoms with E-state index in [9.17, 15) is 14.4 Å². The van der Waals surface area contributed by atoms with Gasteiger partial charge in [-0.1, -0.05) is 24.3 Å². The van der Waals surface area contributed by atoms with Crippen LogP contribution in [0.5, 0.6) is 0 Å². The number of amides is 1. The van der Waals surface area contributed by atoms with Crippen LogP contribution in [-0.2, 0) is 30.9 Å². The van der Waals surface area contributed by atoms with Gasteiger partial charge in [-0.25, -0.2) is 9.78 Å². The zero-order chi connectivity index (χ0) is 21.0. The lowest BCUT2D eigenvalue weighted by Gasteiger charge is -2.41. The van der Waals surface area contributed by atoms with Crippen LogP contribution in [0.3, 0.4) is 0 Å². The van der Waals surface area contributed by atoms with Gasteiger partial charge in [0, 0.05) is 26.8 Å². The van der Waals surface area contributed by atoms with Crippen molar-refractivity contribution in [3.8, 4) is 0 Å². The van der Waals surface area contributed by atoms with Crippen molar-refractivity contribution in [2.24, 2.45) is 14.1 Å². The number of morpholine rings is 1. The van der Waals surface area contributed by atoms with Crippen molar-refractivity contribution in [2.45, 2.75) is 18.4 Å². The fourth-order valence-electron chi connectivity index (χ4n) is 4.69. The van der Waals surface area contributed by atoms with Crippen LogP contribution < -0.4 is 11.2 Å². The average Bonchev–Trinajstić information content (AvgIpc) is 3.13. The molecular formula is C22H22N4O4. The summed E-state index contributed by atoms with van der Waals surface area (Å²) in [6.45, 7) is 1.40. The number of pyridine rings is 1. The Morgan fingerprint density at radius 1 is 1.17 bits per heavy atom. The molecule has 3 heterocycles. The van der Waals surface area contributed by atoms with Crippen LogP contribution in [0, 0.1) is 0 Å². The van der Waals surface area contributed by atoms with E-state index in [2.05, 4.69) is 17.1 Å². The first-order valence-electron chi connectivity index (χ1n) is 9.99. The van der Waals surface area contributed by atoms with E-state index in [1.165, 1.54) is 29.4 Å². The number of fused-ring (bicyclic) bond motifs is 3. The van der Waals surface area contributed by atoms with Gasteiger partial charge in [-0.05, 0) is 30.0 Å². The molecule has 1 unspecified atom stereocenters. The number of aryl methyl sites for hydroxylation is 2. The van der Waals surface area contributed by atoms with Gasteiger partial charge in [-0.2, -0.15) is 0 Å². The maximum atomic E-state index is 13.3. The number of nitrogens with zero attached hydrogens (tertiary/aromatic N) is 4. The average molecular weight is 406 g/mol. The van der Waals surface area contributed by atoms with E-state index in [0.29, 0.717) is 25.3 Å². The molecule has 0 N–H and O–H groups in total. The number of carbonyl (C=O) groups excluding carboxylic acids is 1. The fraction of sp³-hybridized carbons (Fsp3) is 0.364. The summed E-state index contributed by atoms with van der Waals surface area (Å²) in [6.07, 6.45) is 3.21. The molecule has 8 heteroatoms. The van der Waals surface area contributed by atoms with Gasteiger partial charge in [-0.3, -0.25) is 18.7 Å². The van der Waals surface area contributed by atoms with Crippen molar-refractivity contribution in [1.29, 1.82) is 0 Å². The van der Waals surface area contributed by atoms with Gasteiger partial charge in [0.1, 0.15) is 11.2 Å². The molecule has 0 bridgehead atoms. The number of benzene rings is 1. The highest BCUT2D eigenvalue weighted by atomic mass is 16.5. The second-order valence-corrected chi connectivity index (χ2v) is 8.03. The Labute approximate surface area is 172 Å². The van der Waals surface area contributed by atoms with Crippen molar-refractivity contribution >= 4 is 16.9 Å². The molecule has 1 saturated heterocycles. The summed E-state index contributed by atoms with van der Waals surface area (Å²) >= 11 is 0. The molecule has 8 nitrogen and oxygen atoms in total. The van der Waals surface area contributed by atoms with Gasteiger partial charge in [0.05, 0.1) is 24.1 Å². The van der Waals surface area contributed by atoms with E-state index in [0.717, 1.165) is 23.0 Å². The Balaban J connectivity index is 1.52. The smallest absolute Gasteiger partial charge is 0.332 e. The fourth-order valence-corrected chi connectivity index (χ4v) is 4.69. The molecule has 0 radical (unpaired) electrons. The minimum atomic E-state index is -0.477. The third-order valence-corrected chi connectivity index (χ3v) is 6.32. The molecule has 5 rings (SSSR count). The Kier molecular flexibility index (Phi) is 4.14. The number of hydrogen-bond acceptors (Lipinski definition) is 5. The molecule has 1 aromatic carbocycles. The van der Waals surface area contributed by atoms with Crippen molar-refractivity contribution in [2.75, 3.05) is 19.7 Å². The van der Waals surface area contributed by atoms with Gasteiger partial charge in [0.25, 0.3) is 11.5 Å². The molecule has 2 aliphatic rings. The predicted molar refractivity (Wildman–Crippen MR) is 111 cm³/mol. The first-order valence-corrected chi connectivity index (χ1v) is 9.99. The molecule has 1 spiro atoms. The molecule has 1 atom stereocenters. The van der Waals surface area contributed by atoms with Gasteiger partial charge < -0.3 is 9.64 Å². The Morgan fingerprint density at radius 2 is 1.97 bits per heavy atom. The summed E-state index contributed by atoms with van der Waals surface area (Å²) < 4.78 is 8.54. The van der Waals surface area contributed by atoms with Gasteiger partial charge in [0.15, 0.2) is 0 Å². The summed E-state index contributed by atoms with van der Waals surface area (Å²) in [5.74, 6) is -0.188. The first-order chi connectivity index (χ1) is 14.4. The summed E-state index contributed by atoms with van der Waals surface area (Å²) in [7, 11) is 2.98. The van der Waals surface area contributed by atoms with Crippen LogP contribution in [0.1, 0.15) is 27.9 Å². The molecule has 154 valence electrons. The van der Waals surface area contributed by atoms with Crippen LogP contribution in [-0.4, -0.2) is 44.6 Å². The molecule has 3 aromatic rings. The third-order valence-electron chi connectivity index (χ3n) is 6.32. The number of hydrogen-bond donors (Lipinski definition) is 0. The Hall–Kier alpha value is -3.26. The highest BCUT2D eigenvalue weighted by Gasteiger charge is 2.44. The second-order valence-electron chi connectivity index (χ2n) is 8.03. The minimum Gasteiger partial charge on any atom is -0.367 e. The third kappa shape index (κ3) is 2.64. The molecule has 2 aromatic heterocycles. The number of rotatable bonds is 1. The summed E-state index contributed by atoms with van der Waals surface area (Å²) in [6, 6.07) is 9.76. The maximum Gasteiger partial charge on any atom is 0.332 e. The zero-order valence-electron chi connectivity index (χ0n) is 16.9. The van der Waals surface area contributed by atoms with E-state index in [1.807, 2.05) is 12.1 Å². The van der Waals surface area contributed by atoms with Crippen molar-refractivity contribution in [1.82, 2.24) is 19.0 Å². The topological polar surface area (TPSA) is 86.4 Å². The van der Waals surface area contributed by atoms with Crippen LogP contribution >= 0.6 is 0 Å². The minimum absolute atomic E-state index is 0.188. The highest BCUT2D eigenvalue weighted by molar-refractivity contribution is 5.96. The number of ether oxygens (including phenoxy) is 1. The zero-order valence-corrected chi connectivity index (χ0v) is 16.9. The van der Waals surface area contributed by atoms with Crippen LogP contribution in [0.15, 0.2) is 46.1 Å². The van der Waals surface area contributed by atoms with Gasteiger partial charge in [-0.15, -0.1) is 0 Å². The van der Waals surface area contributed by atoms with Crippen molar-refractivity contribution < 1.29 is 9.53 Å². The standard InChI is InChI=1S/C22H22N4O4/c1-24-18-16(20(28)25(2)21(24)29)11-15(12-23-18)19(27)26-9-10-30-22(13-26)8-7-14-5-3-4-6-17(14)22/h3-6,11-12H,7-10,13H2,1-2H3. The summed E-state index contributed by atoms with van der Waals surface area (Å²) in [5.41, 5.74) is 1.64. The number of carbonyl (C=O) groups is 1. The van der Waals surface area contributed by atoms with E-state index >= 15 is 0 Å². The Morgan fingerprint density at radius 3 is 2.80 bits per heavy atom. The van der Waals surface area contributed by atoms with Crippen molar-refractivity contribution in [3.05, 3.63) is 74.1 Å². The molecule has 1 aliphatic carbocycles. The quantitative estimate of drug-likeness (QED) is 0.601. The largest absolute Gasteiger partial charge is 0.367 e. The molecular weight excluding hydrogens is 384 g/mol. The van der Waals surface area contributed by atoms with E-state index in [1.54, 1.807) is 11.9 Å². The summed E-state index contributed by atoms with van der Waals surface area (Å²) in [5, 5.41) is 0.250. The molecule has 1 aliphatic heterocycles. The molecule has 1 fully saturated rings. The first kappa shape index (κ1) is 18.7. The lowest BCUT2D eigenvalue weighted by atomic mass is 9.93. The van der Waals surface area contributed by atoms with E-state index in [-0.39, 0.29) is 16.9 Å². The SMILES string of the molecule is Cn1c(=O)c2cc(C(=O)N3CCOC4(CCc5ccccc54)C3)cnc2n(C)c1=O. The lowest BCUT2D eigenvalue weighted by Crippen LogP contribution is -2.51. The van der Waals surface area contributed by atoms with Gasteiger partial charge in [0.2, 0.25) is 0 Å². The monoisotopic (exact) mass is 406 g/mol. The molecule has 0 saturated carbocycles. The van der Waals surface area contributed by atoms with E-state index < -0.39 is 16.9 Å². The molecule has 1 amide bonds. The predicted octanol–water partition coefficient (Wildman–Crippen LogP) is 0.946. The van der Waals surface area contributed by atoms with Crippen LogP contribution in [0.2, 0.25) is 0 Å². The molecule has 30 heavy (non-hydrogen) atoms. The lowest BCUT2D eigenvalue weighted by molar-refractivity contribution is -0.103. The summed E-state index contributed by atoms with van der Waals surface area (Å²) in [4.78, 5) is 44.0. The maximum absolute atomic E-state index is 13.3. The van der Waals surface area contributed by atoms with E-state index in [4.69, 9.17) is 4.74 Å². The van der Waals surface area contributed by atoms with Crippen molar-refractivity contribution in [3.63, 3.8) is 0 Å². The normalized spacial score (nSPS) is 20.7. The highest BCUT2D eigenvalue weighted by Crippen LogP contribution is 2.42. The van der Waals surface area contributed by atoms with Gasteiger partial charge >= 0.3 is 5.69 Å². The number of aromatic nitrogens is 3. The van der Waals surface area contributed by atoms with Crippen LogP contribution in [0.4, 0.5) is 0 Å². The Bertz CT molecular complexity index is 1300. The second kappa shape index (κ2) is 6.63. The van der Waals surface area contributed by atoms with Crippen LogP contribution in [0.25, 0.3) is 11.0 Å².